The first-order chi connectivity index (χ1) is 18.7. The van der Waals surface area contributed by atoms with Crippen LogP contribution in [0.15, 0.2) is 51.0 Å². The third-order valence-electron chi connectivity index (χ3n) is 4.20. The van der Waals surface area contributed by atoms with Gasteiger partial charge in [-0.3, -0.25) is 19.4 Å². The summed E-state index contributed by atoms with van der Waals surface area (Å²) in [6.45, 7) is 13.8. The van der Waals surface area contributed by atoms with Crippen LogP contribution >= 0.6 is 0 Å². The van der Waals surface area contributed by atoms with Gasteiger partial charge in [-0.2, -0.15) is 0 Å². The van der Waals surface area contributed by atoms with Crippen molar-refractivity contribution < 1.29 is 28.7 Å². The minimum absolute atomic E-state index is 0.0647. The summed E-state index contributed by atoms with van der Waals surface area (Å²) < 4.78 is 9.47. The van der Waals surface area contributed by atoms with Crippen molar-refractivity contribution in [3.05, 3.63) is 74.4 Å². The molecule has 0 saturated heterocycles. The summed E-state index contributed by atoms with van der Waals surface area (Å²) in [4.78, 5) is 80.6. The van der Waals surface area contributed by atoms with Crippen molar-refractivity contribution in [2.24, 2.45) is 4.99 Å². The van der Waals surface area contributed by atoms with E-state index < -0.39 is 11.9 Å². The fraction of sp³-hybridized carbons (Fsp3) is 0.385. The second kappa shape index (κ2) is 19.2. The molecule has 216 valence electrons. The van der Waals surface area contributed by atoms with Crippen LogP contribution in [0.3, 0.4) is 0 Å². The van der Waals surface area contributed by atoms with Gasteiger partial charge < -0.3 is 20.2 Å². The van der Waals surface area contributed by atoms with E-state index in [1.165, 1.54) is 18.2 Å². The molecule has 0 amide bonds. The Morgan fingerprint density at radius 2 is 1.48 bits per heavy atom. The number of isocyanates is 1. The number of anilines is 1. The number of carbonyl (C=O) groups excluding carboxylic acids is 4. The van der Waals surface area contributed by atoms with Crippen molar-refractivity contribution >= 4 is 29.8 Å². The van der Waals surface area contributed by atoms with Gasteiger partial charge in [0.2, 0.25) is 12.0 Å². The highest BCUT2D eigenvalue weighted by Crippen LogP contribution is 2.00. The smallest absolute Gasteiger partial charge is 0.333 e. The molecule has 0 aliphatic heterocycles. The Kier molecular flexibility index (Phi) is 16.8. The number of hydrogen-bond acceptors (Lipinski definition) is 12. The Morgan fingerprint density at radius 1 is 0.950 bits per heavy atom. The number of carbonyl (C=O) groups is 3. The maximum absolute atomic E-state index is 11.7. The average Bonchev–Trinajstić information content (AvgIpc) is 2.83. The minimum Gasteiger partial charge on any atom is -0.462 e. The molecule has 0 radical (unpaired) electrons. The van der Waals surface area contributed by atoms with E-state index in [9.17, 15) is 28.8 Å². The molecule has 0 saturated carbocycles. The molecule has 0 atom stereocenters. The van der Waals surface area contributed by atoms with E-state index in [1.54, 1.807) is 27.7 Å². The number of esters is 2. The molecule has 0 unspecified atom stereocenters. The number of Topliss-reactive ketones (excluding diaryl/α,β-unsaturated/α-hetero) is 1. The number of nitrogens with one attached hydrogen (secondary N) is 2. The lowest BCUT2D eigenvalue weighted by atomic mass is 10.1. The van der Waals surface area contributed by atoms with Crippen molar-refractivity contribution in [1.82, 2.24) is 19.9 Å². The van der Waals surface area contributed by atoms with Crippen LogP contribution in [0.1, 0.15) is 43.9 Å². The van der Waals surface area contributed by atoms with Crippen LogP contribution in [0.5, 0.6) is 0 Å². The number of hydrogen-bond donors (Lipinski definition) is 3. The van der Waals surface area contributed by atoms with Gasteiger partial charge in [-0.05, 0) is 34.1 Å². The van der Waals surface area contributed by atoms with Crippen LogP contribution in [0.2, 0.25) is 0 Å². The molecule has 0 aromatic carbocycles. The van der Waals surface area contributed by atoms with Gasteiger partial charge in [0, 0.05) is 41.1 Å². The van der Waals surface area contributed by atoms with Crippen molar-refractivity contribution in [1.29, 1.82) is 0 Å². The third kappa shape index (κ3) is 17.5. The molecule has 40 heavy (non-hydrogen) atoms. The van der Waals surface area contributed by atoms with Crippen LogP contribution in [0.4, 0.5) is 5.95 Å². The van der Waals surface area contributed by atoms with Gasteiger partial charge in [-0.1, -0.05) is 13.2 Å². The Hall–Kier alpha value is -4.97. The zero-order valence-corrected chi connectivity index (χ0v) is 23.0. The number of aromatic amines is 2. The summed E-state index contributed by atoms with van der Waals surface area (Å²) in [6.07, 6.45) is 2.11. The molecule has 2 aromatic heterocycles. The quantitative estimate of drug-likeness (QED) is 0.117. The fourth-order valence-electron chi connectivity index (χ4n) is 2.51. The number of ketones is 1. The molecule has 0 aliphatic carbocycles. The van der Waals surface area contributed by atoms with E-state index in [2.05, 4.69) is 42.8 Å². The molecule has 14 heteroatoms. The highest BCUT2D eigenvalue weighted by atomic mass is 16.5. The number of ether oxygens (including phenoxy) is 2. The number of aliphatic imine (C=N–C) groups is 1. The second-order valence-corrected chi connectivity index (χ2v) is 8.23. The van der Waals surface area contributed by atoms with Gasteiger partial charge in [0.15, 0.2) is 0 Å². The normalized spacial score (nSPS) is 9.40. The van der Waals surface area contributed by atoms with E-state index >= 15 is 0 Å². The summed E-state index contributed by atoms with van der Waals surface area (Å²) in [7, 11) is 0. The van der Waals surface area contributed by atoms with Gasteiger partial charge in [0.1, 0.15) is 18.2 Å². The molecule has 14 nitrogen and oxygen atoms in total. The summed E-state index contributed by atoms with van der Waals surface area (Å²) in [5, 5.41) is 0. The van der Waals surface area contributed by atoms with E-state index in [1.807, 2.05) is 0 Å². The maximum atomic E-state index is 11.7. The molecule has 0 spiro atoms. The monoisotopic (exact) mass is 558 g/mol. The lowest BCUT2D eigenvalue weighted by Gasteiger charge is -2.04. The summed E-state index contributed by atoms with van der Waals surface area (Å²) in [6, 6.07) is 2.75. The first-order valence-corrected chi connectivity index (χ1v) is 11.9. The number of nitrogens with zero attached hydrogens (tertiary/aromatic N) is 3. The molecule has 0 bridgehead atoms. The summed E-state index contributed by atoms with van der Waals surface area (Å²) >= 11 is 0. The lowest BCUT2D eigenvalue weighted by Crippen LogP contribution is -2.15. The molecule has 4 N–H and O–H groups in total. The topological polar surface area (TPSA) is 217 Å². The maximum Gasteiger partial charge on any atom is 0.333 e. The van der Waals surface area contributed by atoms with Crippen molar-refractivity contribution in [3.63, 3.8) is 0 Å². The number of H-pyrrole nitrogens is 2. The minimum atomic E-state index is -0.467. The summed E-state index contributed by atoms with van der Waals surface area (Å²) in [5.74, 6) is -0.461. The number of nitrogens with two attached hydrogens (primary N) is 1. The molecule has 2 aromatic rings. The SMILES string of the molecule is C=C(C)C(=O)OCCCC(=O)Cc1nc(C)cc(=O)[nH]1.C=C(C)C(=O)OCCN=C=O.Cc1cc(=O)[nH]c(N)n1. The Labute approximate surface area is 230 Å². The third-order valence-corrected chi connectivity index (χ3v) is 4.20. The average molecular weight is 559 g/mol. The lowest BCUT2D eigenvalue weighted by molar-refractivity contribution is -0.139. The van der Waals surface area contributed by atoms with E-state index in [-0.39, 0.29) is 55.5 Å². The first-order valence-electron chi connectivity index (χ1n) is 11.9. The van der Waals surface area contributed by atoms with Gasteiger partial charge in [0.05, 0.1) is 19.6 Å². The van der Waals surface area contributed by atoms with Crippen molar-refractivity contribution in [2.45, 2.75) is 47.0 Å². The predicted octanol–water partition coefficient (Wildman–Crippen LogP) is 1.19. The number of aromatic nitrogens is 4. The highest BCUT2D eigenvalue weighted by Gasteiger charge is 2.08. The zero-order valence-electron chi connectivity index (χ0n) is 23.0. The van der Waals surface area contributed by atoms with Gasteiger partial charge in [-0.15, -0.1) is 0 Å². The first kappa shape index (κ1) is 35.0. The van der Waals surface area contributed by atoms with Crippen LogP contribution in [-0.2, 0) is 35.1 Å². The molecule has 2 heterocycles. The largest absolute Gasteiger partial charge is 0.462 e. The standard InChI is InChI=1S/C14H18N2O4.C7H9NO3.C5H7N3O/c1-9(2)14(19)20-6-4-5-11(17)8-12-15-10(3)7-13(18)16-12;1-6(2)7(10)11-4-3-8-5-9;1-3-2-4(9)8-5(6)7-3/h7H,1,4-6,8H2,2-3H3,(H,15,16,18);1,3-4H2,2H3;2H,1H3,(H3,6,7,8,9). The van der Waals surface area contributed by atoms with E-state index in [0.717, 1.165) is 0 Å². The predicted molar refractivity (Wildman–Crippen MR) is 146 cm³/mol. The van der Waals surface area contributed by atoms with Crippen LogP contribution in [0.25, 0.3) is 0 Å². The molecule has 0 aliphatic rings. The second-order valence-electron chi connectivity index (χ2n) is 8.23. The van der Waals surface area contributed by atoms with Gasteiger partial charge in [0.25, 0.3) is 11.1 Å². The van der Waals surface area contributed by atoms with Crippen LogP contribution in [-0.4, -0.2) is 63.5 Å². The van der Waals surface area contributed by atoms with E-state index in [4.69, 9.17) is 10.5 Å². The zero-order chi connectivity index (χ0) is 30.7. The molecule has 0 fully saturated rings. The van der Waals surface area contributed by atoms with E-state index in [0.29, 0.717) is 34.8 Å². The Morgan fingerprint density at radius 3 is 1.95 bits per heavy atom. The molecule has 2 rings (SSSR count). The van der Waals surface area contributed by atoms with Crippen LogP contribution < -0.4 is 16.9 Å². The number of nitrogen functional groups attached to an aromatic ring is 1. The fourth-order valence-corrected chi connectivity index (χ4v) is 2.51. The Balaban J connectivity index is 0.000000638. The van der Waals surface area contributed by atoms with Crippen molar-refractivity contribution in [3.8, 4) is 0 Å². The molecular formula is C26H34N6O8. The Bertz CT molecular complexity index is 1330. The van der Waals surface area contributed by atoms with Gasteiger partial charge >= 0.3 is 11.9 Å². The highest BCUT2D eigenvalue weighted by molar-refractivity contribution is 5.87. The summed E-state index contributed by atoms with van der Waals surface area (Å²) in [5.41, 5.74) is 6.59. The van der Waals surface area contributed by atoms with Crippen molar-refractivity contribution in [2.75, 3.05) is 25.5 Å². The number of rotatable bonds is 11. The van der Waals surface area contributed by atoms with Gasteiger partial charge in [-0.25, -0.2) is 29.3 Å². The number of aryl methyl sites for hydroxylation is 2. The van der Waals surface area contributed by atoms with Crippen LogP contribution in [0, 0.1) is 13.8 Å². The molecular weight excluding hydrogens is 524 g/mol.